The largest absolute Gasteiger partial charge is 0.486 e. The van der Waals surface area contributed by atoms with Crippen LogP contribution in [0.5, 0.6) is 17.2 Å². The van der Waals surface area contributed by atoms with Gasteiger partial charge in [0, 0.05) is 25.7 Å². The standard InChI is InChI=1S/C28H26N4O5S/c1-17(33)29-19-6-10-21(11-7-19)37-22-12-13-23-24(14-22)32(3)25(30-23)16-36-20-8-4-18(5-9-20)15-28(2)26(34)31-27(35)38-28/h4-14H,15-16H2,1-3H3,(H,29,33)(H,31,34,35)/t28-/m1/s1. The Morgan fingerprint density at radius 2 is 1.71 bits per heavy atom. The van der Waals surface area contributed by atoms with Gasteiger partial charge >= 0.3 is 0 Å². The Morgan fingerprint density at radius 3 is 2.37 bits per heavy atom. The first-order chi connectivity index (χ1) is 18.2. The van der Waals surface area contributed by atoms with E-state index in [0.717, 1.165) is 34.2 Å². The van der Waals surface area contributed by atoms with E-state index >= 15 is 0 Å². The number of aryl methyl sites for hydroxylation is 1. The summed E-state index contributed by atoms with van der Waals surface area (Å²) in [5, 5.41) is 4.77. The minimum absolute atomic E-state index is 0.126. The van der Waals surface area contributed by atoms with E-state index in [1.165, 1.54) is 6.92 Å². The van der Waals surface area contributed by atoms with Crippen LogP contribution in [0.3, 0.4) is 0 Å². The van der Waals surface area contributed by atoms with Gasteiger partial charge in [-0.25, -0.2) is 4.98 Å². The summed E-state index contributed by atoms with van der Waals surface area (Å²) in [7, 11) is 1.93. The second-order valence-electron chi connectivity index (χ2n) is 9.23. The molecule has 3 amide bonds. The van der Waals surface area contributed by atoms with E-state index < -0.39 is 4.75 Å². The maximum atomic E-state index is 12.1. The zero-order valence-corrected chi connectivity index (χ0v) is 21.9. The fraction of sp³-hybridized carbons (Fsp3) is 0.214. The predicted molar refractivity (Wildman–Crippen MR) is 146 cm³/mol. The smallest absolute Gasteiger partial charge is 0.286 e. The lowest BCUT2D eigenvalue weighted by Gasteiger charge is -2.18. The van der Waals surface area contributed by atoms with Crippen molar-refractivity contribution in [3.05, 3.63) is 78.1 Å². The van der Waals surface area contributed by atoms with E-state index in [0.29, 0.717) is 29.4 Å². The molecule has 2 N–H and O–H groups in total. The molecule has 38 heavy (non-hydrogen) atoms. The average molecular weight is 531 g/mol. The minimum atomic E-state index is -0.800. The van der Waals surface area contributed by atoms with Gasteiger partial charge in [-0.1, -0.05) is 12.1 Å². The number of rotatable bonds is 8. The van der Waals surface area contributed by atoms with Crippen molar-refractivity contribution in [2.45, 2.75) is 31.6 Å². The molecule has 5 rings (SSSR count). The van der Waals surface area contributed by atoms with Gasteiger partial charge in [-0.15, -0.1) is 0 Å². The summed E-state index contributed by atoms with van der Waals surface area (Å²) in [4.78, 5) is 39.5. The third-order valence-electron chi connectivity index (χ3n) is 6.20. The number of fused-ring (bicyclic) bond motifs is 1. The summed E-state index contributed by atoms with van der Waals surface area (Å²) in [5.41, 5.74) is 3.38. The molecule has 2 heterocycles. The van der Waals surface area contributed by atoms with E-state index in [-0.39, 0.29) is 23.7 Å². The molecule has 9 nitrogen and oxygen atoms in total. The number of anilines is 1. The van der Waals surface area contributed by atoms with Gasteiger partial charge in [0.1, 0.15) is 34.4 Å². The fourth-order valence-corrected chi connectivity index (χ4v) is 5.15. The molecular formula is C28H26N4O5S. The zero-order valence-electron chi connectivity index (χ0n) is 21.1. The molecule has 0 unspecified atom stereocenters. The molecule has 0 bridgehead atoms. The first kappa shape index (κ1) is 25.3. The molecule has 0 spiro atoms. The van der Waals surface area contributed by atoms with Crippen LogP contribution < -0.4 is 20.1 Å². The molecule has 1 aliphatic rings. The van der Waals surface area contributed by atoms with Gasteiger partial charge in [0.15, 0.2) is 0 Å². The quantitative estimate of drug-likeness (QED) is 0.323. The molecule has 1 fully saturated rings. The van der Waals surface area contributed by atoms with Crippen LogP contribution in [0.2, 0.25) is 0 Å². The second-order valence-corrected chi connectivity index (χ2v) is 10.7. The van der Waals surface area contributed by atoms with E-state index in [4.69, 9.17) is 9.47 Å². The number of nitrogens with zero attached hydrogens (tertiary/aromatic N) is 2. The van der Waals surface area contributed by atoms with Crippen LogP contribution in [0.15, 0.2) is 66.7 Å². The minimum Gasteiger partial charge on any atom is -0.486 e. The molecule has 3 aromatic carbocycles. The van der Waals surface area contributed by atoms with Crippen LogP contribution in [0.1, 0.15) is 25.2 Å². The summed E-state index contributed by atoms with van der Waals surface area (Å²) >= 11 is 1.03. The third kappa shape index (κ3) is 5.50. The van der Waals surface area contributed by atoms with Crippen LogP contribution >= 0.6 is 11.8 Å². The van der Waals surface area contributed by atoms with E-state index in [9.17, 15) is 14.4 Å². The van der Waals surface area contributed by atoms with E-state index in [2.05, 4.69) is 15.6 Å². The first-order valence-corrected chi connectivity index (χ1v) is 12.8. The number of hydrogen-bond acceptors (Lipinski definition) is 7. The number of amides is 3. The Labute approximate surface area is 223 Å². The van der Waals surface area contributed by atoms with Crippen LogP contribution in [0, 0.1) is 0 Å². The number of hydrogen-bond donors (Lipinski definition) is 2. The Hall–Kier alpha value is -4.31. The van der Waals surface area contributed by atoms with Crippen LogP contribution in [0.4, 0.5) is 10.5 Å². The highest BCUT2D eigenvalue weighted by Crippen LogP contribution is 2.35. The monoisotopic (exact) mass is 530 g/mol. The predicted octanol–water partition coefficient (Wildman–Crippen LogP) is 5.19. The van der Waals surface area contributed by atoms with Crippen molar-refractivity contribution >= 4 is 45.5 Å². The van der Waals surface area contributed by atoms with Crippen molar-refractivity contribution in [1.82, 2.24) is 14.9 Å². The van der Waals surface area contributed by atoms with Crippen LogP contribution in [-0.2, 0) is 29.7 Å². The summed E-state index contributed by atoms with van der Waals surface area (Å²) in [6, 6.07) is 20.3. The molecule has 0 aliphatic carbocycles. The highest BCUT2D eigenvalue weighted by Gasteiger charge is 2.43. The number of carbonyl (C=O) groups excluding carboxylic acids is 3. The number of imide groups is 1. The van der Waals surface area contributed by atoms with E-state index in [1.807, 2.05) is 54.1 Å². The maximum absolute atomic E-state index is 12.1. The average Bonchev–Trinajstić information content (AvgIpc) is 3.32. The van der Waals surface area contributed by atoms with Crippen molar-refractivity contribution in [3.8, 4) is 17.2 Å². The van der Waals surface area contributed by atoms with Crippen molar-refractivity contribution in [2.75, 3.05) is 5.32 Å². The van der Waals surface area contributed by atoms with E-state index in [1.54, 1.807) is 31.2 Å². The molecule has 10 heteroatoms. The fourth-order valence-electron chi connectivity index (χ4n) is 4.22. The van der Waals surface area contributed by atoms with Gasteiger partial charge in [-0.3, -0.25) is 19.7 Å². The topological polar surface area (TPSA) is 112 Å². The summed E-state index contributed by atoms with van der Waals surface area (Å²) in [5.74, 6) is 2.37. The second kappa shape index (κ2) is 10.2. The van der Waals surface area contributed by atoms with Crippen LogP contribution in [-0.4, -0.2) is 31.4 Å². The number of imidazole rings is 1. The van der Waals surface area contributed by atoms with Gasteiger partial charge in [0.2, 0.25) is 11.8 Å². The lowest BCUT2D eigenvalue weighted by molar-refractivity contribution is -0.121. The summed E-state index contributed by atoms with van der Waals surface area (Å²) < 4.78 is 13.1. The van der Waals surface area contributed by atoms with Crippen molar-refractivity contribution in [1.29, 1.82) is 0 Å². The summed E-state index contributed by atoms with van der Waals surface area (Å²) in [6.07, 6.45) is 0.449. The molecule has 1 saturated heterocycles. The van der Waals surface area contributed by atoms with Gasteiger partial charge < -0.3 is 19.4 Å². The molecular weight excluding hydrogens is 504 g/mol. The van der Waals surface area contributed by atoms with Crippen molar-refractivity contribution in [3.63, 3.8) is 0 Å². The Bertz CT molecular complexity index is 1530. The Morgan fingerprint density at radius 1 is 1.03 bits per heavy atom. The number of carbonyl (C=O) groups is 3. The number of nitrogens with one attached hydrogen (secondary N) is 2. The number of ether oxygens (including phenoxy) is 2. The Balaban J connectivity index is 1.23. The Kier molecular flexibility index (Phi) is 6.81. The first-order valence-electron chi connectivity index (χ1n) is 12.0. The highest BCUT2D eigenvalue weighted by atomic mass is 32.2. The normalized spacial score (nSPS) is 16.9. The lowest BCUT2D eigenvalue weighted by atomic mass is 9.99. The molecule has 1 aliphatic heterocycles. The molecule has 4 aromatic rings. The van der Waals surface area contributed by atoms with Crippen molar-refractivity contribution in [2.24, 2.45) is 7.05 Å². The highest BCUT2D eigenvalue weighted by molar-refractivity contribution is 8.16. The van der Waals surface area contributed by atoms with Gasteiger partial charge in [-0.05, 0) is 79.2 Å². The molecule has 1 aromatic heterocycles. The summed E-state index contributed by atoms with van der Waals surface area (Å²) in [6.45, 7) is 3.51. The number of thioether (sulfide) groups is 1. The van der Waals surface area contributed by atoms with Gasteiger partial charge in [0.25, 0.3) is 5.24 Å². The number of benzene rings is 3. The SMILES string of the molecule is CC(=O)Nc1ccc(Oc2ccc3nc(COc4ccc(C[C@@]5(C)SC(=O)NC5=O)cc4)n(C)c3c2)cc1. The number of aromatic nitrogens is 2. The lowest BCUT2D eigenvalue weighted by Crippen LogP contribution is -2.35. The molecule has 0 radical (unpaired) electrons. The molecule has 0 saturated carbocycles. The van der Waals surface area contributed by atoms with Crippen molar-refractivity contribution < 1.29 is 23.9 Å². The third-order valence-corrected chi connectivity index (χ3v) is 7.27. The van der Waals surface area contributed by atoms with Gasteiger partial charge in [-0.2, -0.15) is 0 Å². The molecule has 194 valence electrons. The maximum Gasteiger partial charge on any atom is 0.286 e. The van der Waals surface area contributed by atoms with Crippen LogP contribution in [0.25, 0.3) is 11.0 Å². The molecule has 1 atom stereocenters. The zero-order chi connectivity index (χ0) is 26.9. The van der Waals surface area contributed by atoms with Gasteiger partial charge in [0.05, 0.1) is 11.0 Å².